The Hall–Kier alpha value is -2.58. The molecular formula is C23H29N3O4S. The number of carbonyl (C=O) groups is 1. The standard InChI is InChI=1S/C23H29N3O4S/c1-3-31(28,29)24-20-10-9-18(17-21(20)30-2)22(27)25-13-15-26(16-14-25)23(11-12-23)19-7-5-4-6-8-19/h4-10,17,24H,3,11-16H2,1-2H3. The third kappa shape index (κ3) is 4.41. The van der Waals surface area contributed by atoms with Gasteiger partial charge in [-0.1, -0.05) is 30.3 Å². The first-order valence-electron chi connectivity index (χ1n) is 10.7. The quantitative estimate of drug-likeness (QED) is 0.712. The second-order valence-electron chi connectivity index (χ2n) is 8.10. The fourth-order valence-corrected chi connectivity index (χ4v) is 4.97. The highest BCUT2D eigenvalue weighted by molar-refractivity contribution is 7.92. The van der Waals surface area contributed by atoms with E-state index in [0.29, 0.717) is 30.1 Å². The molecule has 0 atom stereocenters. The molecule has 2 aliphatic rings. The summed E-state index contributed by atoms with van der Waals surface area (Å²) >= 11 is 0. The van der Waals surface area contributed by atoms with Crippen LogP contribution in [0, 0.1) is 0 Å². The molecule has 166 valence electrons. The molecule has 4 rings (SSSR count). The van der Waals surface area contributed by atoms with Gasteiger partial charge in [-0.05, 0) is 43.5 Å². The van der Waals surface area contributed by atoms with E-state index in [-0.39, 0.29) is 17.2 Å². The van der Waals surface area contributed by atoms with E-state index >= 15 is 0 Å². The topological polar surface area (TPSA) is 79.0 Å². The van der Waals surface area contributed by atoms with Crippen LogP contribution in [0.3, 0.4) is 0 Å². The number of nitrogens with one attached hydrogen (secondary N) is 1. The van der Waals surface area contributed by atoms with Crippen LogP contribution in [0.5, 0.6) is 5.75 Å². The van der Waals surface area contributed by atoms with Crippen molar-refractivity contribution in [3.05, 3.63) is 59.7 Å². The predicted octanol–water partition coefficient (Wildman–Crippen LogP) is 2.90. The van der Waals surface area contributed by atoms with Crippen LogP contribution >= 0.6 is 0 Å². The molecule has 1 heterocycles. The first kappa shape index (κ1) is 21.6. The summed E-state index contributed by atoms with van der Waals surface area (Å²) in [4.78, 5) is 17.4. The number of piperazine rings is 1. The Morgan fingerprint density at radius 3 is 2.32 bits per heavy atom. The number of benzene rings is 2. The number of carbonyl (C=O) groups excluding carboxylic acids is 1. The zero-order valence-electron chi connectivity index (χ0n) is 18.0. The molecular weight excluding hydrogens is 414 g/mol. The van der Waals surface area contributed by atoms with E-state index in [0.717, 1.165) is 25.9 Å². The van der Waals surface area contributed by atoms with Crippen LogP contribution in [0.4, 0.5) is 5.69 Å². The van der Waals surface area contributed by atoms with Crippen molar-refractivity contribution in [3.8, 4) is 5.75 Å². The minimum absolute atomic E-state index is 0.0361. The number of amides is 1. The number of nitrogens with zero attached hydrogens (tertiary/aromatic N) is 2. The van der Waals surface area contributed by atoms with Crippen molar-refractivity contribution in [2.75, 3.05) is 43.8 Å². The lowest BCUT2D eigenvalue weighted by atomic mass is 10.0. The molecule has 1 saturated carbocycles. The van der Waals surface area contributed by atoms with Crippen molar-refractivity contribution >= 4 is 21.6 Å². The van der Waals surface area contributed by atoms with Crippen molar-refractivity contribution in [2.24, 2.45) is 0 Å². The number of methoxy groups -OCH3 is 1. The van der Waals surface area contributed by atoms with Crippen LogP contribution < -0.4 is 9.46 Å². The molecule has 1 aliphatic carbocycles. The van der Waals surface area contributed by atoms with Gasteiger partial charge in [-0.25, -0.2) is 8.42 Å². The van der Waals surface area contributed by atoms with Crippen LogP contribution in [-0.2, 0) is 15.6 Å². The van der Waals surface area contributed by atoms with E-state index in [1.807, 2.05) is 11.0 Å². The Labute approximate surface area is 184 Å². The van der Waals surface area contributed by atoms with Gasteiger partial charge >= 0.3 is 0 Å². The Morgan fingerprint density at radius 2 is 1.74 bits per heavy atom. The minimum Gasteiger partial charge on any atom is -0.495 e. The fourth-order valence-electron chi connectivity index (χ4n) is 4.32. The average Bonchev–Trinajstić information content (AvgIpc) is 3.61. The van der Waals surface area contributed by atoms with E-state index in [1.54, 1.807) is 25.1 Å². The van der Waals surface area contributed by atoms with E-state index in [2.05, 4.69) is 33.9 Å². The maximum Gasteiger partial charge on any atom is 0.254 e. The van der Waals surface area contributed by atoms with Gasteiger partial charge in [-0.3, -0.25) is 14.4 Å². The monoisotopic (exact) mass is 443 g/mol. The van der Waals surface area contributed by atoms with Gasteiger partial charge in [0.15, 0.2) is 0 Å². The van der Waals surface area contributed by atoms with Gasteiger partial charge in [0.1, 0.15) is 5.75 Å². The van der Waals surface area contributed by atoms with Gasteiger partial charge in [0.2, 0.25) is 10.0 Å². The van der Waals surface area contributed by atoms with Gasteiger partial charge in [0.05, 0.1) is 18.6 Å². The van der Waals surface area contributed by atoms with Crippen LogP contribution in [0.2, 0.25) is 0 Å². The van der Waals surface area contributed by atoms with Gasteiger partial charge in [0, 0.05) is 37.3 Å². The molecule has 0 aromatic heterocycles. The second-order valence-corrected chi connectivity index (χ2v) is 10.1. The molecule has 8 heteroatoms. The fraction of sp³-hybridized carbons (Fsp3) is 0.435. The first-order valence-corrected chi connectivity index (χ1v) is 12.3. The number of ether oxygens (including phenoxy) is 1. The molecule has 0 bridgehead atoms. The van der Waals surface area contributed by atoms with Gasteiger partial charge in [-0.2, -0.15) is 0 Å². The number of hydrogen-bond acceptors (Lipinski definition) is 5. The van der Waals surface area contributed by atoms with E-state index in [1.165, 1.54) is 12.7 Å². The summed E-state index contributed by atoms with van der Waals surface area (Å²) in [5, 5.41) is 0. The zero-order valence-corrected chi connectivity index (χ0v) is 18.8. The maximum atomic E-state index is 13.1. The molecule has 1 N–H and O–H groups in total. The molecule has 2 aromatic carbocycles. The molecule has 0 spiro atoms. The summed E-state index contributed by atoms with van der Waals surface area (Å²) in [7, 11) is -1.96. The Balaban J connectivity index is 1.43. The third-order valence-electron chi connectivity index (χ3n) is 6.30. The highest BCUT2D eigenvalue weighted by Crippen LogP contribution is 2.51. The van der Waals surface area contributed by atoms with E-state index < -0.39 is 10.0 Å². The van der Waals surface area contributed by atoms with Gasteiger partial charge in [0.25, 0.3) is 5.91 Å². The normalized spacial score (nSPS) is 18.5. The average molecular weight is 444 g/mol. The summed E-state index contributed by atoms with van der Waals surface area (Å²) < 4.78 is 31.6. The lowest BCUT2D eigenvalue weighted by molar-refractivity contribution is 0.0531. The number of anilines is 1. The first-order chi connectivity index (χ1) is 14.9. The maximum absolute atomic E-state index is 13.1. The molecule has 0 radical (unpaired) electrons. The highest BCUT2D eigenvalue weighted by Gasteiger charge is 2.49. The zero-order chi connectivity index (χ0) is 22.1. The summed E-state index contributed by atoms with van der Waals surface area (Å²) in [5.74, 6) is 0.237. The highest BCUT2D eigenvalue weighted by atomic mass is 32.2. The molecule has 2 fully saturated rings. The Kier molecular flexibility index (Phi) is 5.94. The smallest absolute Gasteiger partial charge is 0.254 e. The molecule has 7 nitrogen and oxygen atoms in total. The molecule has 1 saturated heterocycles. The lowest BCUT2D eigenvalue weighted by Crippen LogP contribution is -2.52. The van der Waals surface area contributed by atoms with Crippen LogP contribution in [0.15, 0.2) is 48.5 Å². The number of rotatable bonds is 7. The van der Waals surface area contributed by atoms with Crippen LogP contribution in [-0.4, -0.2) is 63.2 Å². The van der Waals surface area contributed by atoms with Gasteiger partial charge < -0.3 is 9.64 Å². The van der Waals surface area contributed by atoms with Crippen molar-refractivity contribution in [2.45, 2.75) is 25.3 Å². The SMILES string of the molecule is CCS(=O)(=O)Nc1ccc(C(=O)N2CCN(C3(c4ccccc4)CC3)CC2)cc1OC. The Morgan fingerprint density at radius 1 is 1.06 bits per heavy atom. The Bertz CT molecular complexity index is 1040. The van der Waals surface area contributed by atoms with E-state index in [9.17, 15) is 13.2 Å². The third-order valence-corrected chi connectivity index (χ3v) is 7.59. The molecule has 31 heavy (non-hydrogen) atoms. The second kappa shape index (κ2) is 8.51. The summed E-state index contributed by atoms with van der Waals surface area (Å²) in [6.45, 7) is 4.58. The van der Waals surface area contributed by atoms with Crippen molar-refractivity contribution in [1.29, 1.82) is 0 Å². The van der Waals surface area contributed by atoms with Crippen molar-refractivity contribution in [3.63, 3.8) is 0 Å². The van der Waals surface area contributed by atoms with Crippen molar-refractivity contribution in [1.82, 2.24) is 9.80 Å². The summed E-state index contributed by atoms with van der Waals surface area (Å²) in [5.41, 5.74) is 2.33. The number of hydrogen-bond donors (Lipinski definition) is 1. The molecule has 1 aliphatic heterocycles. The molecule has 0 unspecified atom stereocenters. The number of sulfonamides is 1. The summed E-state index contributed by atoms with van der Waals surface area (Å²) in [6, 6.07) is 15.5. The van der Waals surface area contributed by atoms with Crippen LogP contribution in [0.25, 0.3) is 0 Å². The lowest BCUT2D eigenvalue weighted by Gasteiger charge is -2.40. The van der Waals surface area contributed by atoms with Gasteiger partial charge in [-0.15, -0.1) is 0 Å². The van der Waals surface area contributed by atoms with E-state index in [4.69, 9.17) is 4.74 Å². The van der Waals surface area contributed by atoms with Crippen molar-refractivity contribution < 1.29 is 17.9 Å². The summed E-state index contributed by atoms with van der Waals surface area (Å²) in [6.07, 6.45) is 2.33. The largest absolute Gasteiger partial charge is 0.495 e. The molecule has 1 amide bonds. The van der Waals surface area contributed by atoms with Crippen LogP contribution in [0.1, 0.15) is 35.7 Å². The predicted molar refractivity (Wildman–Crippen MR) is 121 cm³/mol. The minimum atomic E-state index is -3.43. The molecule has 2 aromatic rings.